The summed E-state index contributed by atoms with van der Waals surface area (Å²) in [5.41, 5.74) is 4.15. The maximum Gasteiger partial charge on any atom is 0.270 e. The minimum absolute atomic E-state index is 0.00122. The smallest absolute Gasteiger partial charge is 0.270 e. The van der Waals surface area contributed by atoms with Gasteiger partial charge in [-0.05, 0) is 63.5 Å². The van der Waals surface area contributed by atoms with Gasteiger partial charge in [-0.1, -0.05) is 30.3 Å². The van der Waals surface area contributed by atoms with Gasteiger partial charge in [0.1, 0.15) is 5.69 Å². The number of carbonyl (C=O) groups excluding carboxylic acids is 2. The molecule has 1 aliphatic rings. The van der Waals surface area contributed by atoms with E-state index in [1.807, 2.05) is 25.8 Å². The molecule has 1 fully saturated rings. The molecule has 0 radical (unpaired) electrons. The van der Waals surface area contributed by atoms with Gasteiger partial charge in [0.25, 0.3) is 5.91 Å². The Hall–Kier alpha value is -2.36. The van der Waals surface area contributed by atoms with Gasteiger partial charge >= 0.3 is 0 Å². The SMILES string of the molecule is CC(=O)c1c(C)[nH]c(C(=O)N(C)C2CCC(c3ccccc3)CC2)c1C. The lowest BCUT2D eigenvalue weighted by Crippen LogP contribution is -2.39. The molecule has 4 nitrogen and oxygen atoms in total. The van der Waals surface area contributed by atoms with Gasteiger partial charge in [0.2, 0.25) is 0 Å². The molecule has 1 aromatic carbocycles. The summed E-state index contributed by atoms with van der Waals surface area (Å²) >= 11 is 0. The highest BCUT2D eigenvalue weighted by molar-refractivity contribution is 6.02. The van der Waals surface area contributed by atoms with Crippen molar-refractivity contribution in [2.24, 2.45) is 0 Å². The zero-order chi connectivity index (χ0) is 18.8. The summed E-state index contributed by atoms with van der Waals surface area (Å²) in [4.78, 5) is 29.8. The Morgan fingerprint density at radius 1 is 1.04 bits per heavy atom. The Labute approximate surface area is 155 Å². The van der Waals surface area contributed by atoms with Crippen LogP contribution in [0.15, 0.2) is 30.3 Å². The topological polar surface area (TPSA) is 53.2 Å². The summed E-state index contributed by atoms with van der Waals surface area (Å²) in [5, 5.41) is 0. The molecule has 1 heterocycles. The van der Waals surface area contributed by atoms with E-state index in [2.05, 4.69) is 35.3 Å². The standard InChI is InChI=1S/C22H28N2O2/c1-14-20(16(3)25)15(2)23-21(14)22(26)24(4)19-12-10-18(11-13-19)17-8-6-5-7-9-17/h5-9,18-19,23H,10-13H2,1-4H3. The molecule has 3 rings (SSSR count). The van der Waals surface area contributed by atoms with Gasteiger partial charge in [-0.15, -0.1) is 0 Å². The van der Waals surface area contributed by atoms with Crippen molar-refractivity contribution in [3.05, 3.63) is 58.4 Å². The minimum Gasteiger partial charge on any atom is -0.354 e. The third-order valence-electron chi connectivity index (χ3n) is 5.84. The molecule has 2 aromatic rings. The number of hydrogen-bond acceptors (Lipinski definition) is 2. The van der Waals surface area contributed by atoms with Gasteiger partial charge in [0.05, 0.1) is 0 Å². The fourth-order valence-corrected chi connectivity index (χ4v) is 4.36. The number of nitrogens with one attached hydrogen (secondary N) is 1. The molecular formula is C22H28N2O2. The van der Waals surface area contributed by atoms with E-state index in [1.54, 1.807) is 6.92 Å². The van der Waals surface area contributed by atoms with Crippen LogP contribution in [0.25, 0.3) is 0 Å². The molecule has 0 saturated heterocycles. The number of nitrogens with zero attached hydrogens (tertiary/aromatic N) is 1. The van der Waals surface area contributed by atoms with E-state index < -0.39 is 0 Å². The first-order valence-electron chi connectivity index (χ1n) is 9.42. The summed E-state index contributed by atoms with van der Waals surface area (Å²) in [5.74, 6) is 0.581. The first-order chi connectivity index (χ1) is 12.4. The van der Waals surface area contributed by atoms with Gasteiger partial charge < -0.3 is 9.88 Å². The number of aryl methyl sites for hydroxylation is 1. The number of H-pyrrole nitrogens is 1. The number of amides is 1. The molecular weight excluding hydrogens is 324 g/mol. The van der Waals surface area contributed by atoms with Gasteiger partial charge in [-0.3, -0.25) is 9.59 Å². The largest absolute Gasteiger partial charge is 0.354 e. The van der Waals surface area contributed by atoms with E-state index in [0.29, 0.717) is 17.2 Å². The van der Waals surface area contributed by atoms with Crippen molar-refractivity contribution in [1.29, 1.82) is 0 Å². The van der Waals surface area contributed by atoms with Crippen molar-refractivity contribution < 1.29 is 9.59 Å². The van der Waals surface area contributed by atoms with Gasteiger partial charge in [-0.25, -0.2) is 0 Å². The predicted molar refractivity (Wildman–Crippen MR) is 104 cm³/mol. The Morgan fingerprint density at radius 2 is 1.65 bits per heavy atom. The van der Waals surface area contributed by atoms with Gasteiger partial charge in [-0.2, -0.15) is 0 Å². The van der Waals surface area contributed by atoms with Crippen LogP contribution in [0.1, 0.15) is 76.2 Å². The van der Waals surface area contributed by atoms with E-state index in [4.69, 9.17) is 0 Å². The molecule has 1 N–H and O–H groups in total. The van der Waals surface area contributed by atoms with Crippen molar-refractivity contribution in [3.63, 3.8) is 0 Å². The zero-order valence-electron chi connectivity index (χ0n) is 16.1. The number of Topliss-reactive ketones (excluding diaryl/α,β-unsaturated/α-hetero) is 1. The van der Waals surface area contributed by atoms with E-state index >= 15 is 0 Å². The highest BCUT2D eigenvalue weighted by Crippen LogP contribution is 2.35. The quantitative estimate of drug-likeness (QED) is 0.816. The van der Waals surface area contributed by atoms with Gasteiger partial charge in [0, 0.05) is 24.3 Å². The van der Waals surface area contributed by atoms with Crippen LogP contribution < -0.4 is 0 Å². The summed E-state index contributed by atoms with van der Waals surface area (Å²) in [6.45, 7) is 5.26. The monoisotopic (exact) mass is 352 g/mol. The number of aromatic amines is 1. The lowest BCUT2D eigenvalue weighted by molar-refractivity contribution is 0.0683. The lowest BCUT2D eigenvalue weighted by Gasteiger charge is -2.35. The zero-order valence-corrected chi connectivity index (χ0v) is 16.1. The maximum atomic E-state index is 13.0. The van der Waals surface area contributed by atoms with E-state index in [-0.39, 0.29) is 17.7 Å². The van der Waals surface area contributed by atoms with E-state index in [1.165, 1.54) is 5.56 Å². The van der Waals surface area contributed by atoms with Crippen LogP contribution in [0, 0.1) is 13.8 Å². The van der Waals surface area contributed by atoms with Crippen LogP contribution in [-0.2, 0) is 0 Å². The highest BCUT2D eigenvalue weighted by Gasteiger charge is 2.30. The van der Waals surface area contributed by atoms with E-state index in [9.17, 15) is 9.59 Å². The van der Waals surface area contributed by atoms with Crippen molar-refractivity contribution in [2.45, 2.75) is 58.4 Å². The number of ketones is 1. The molecule has 26 heavy (non-hydrogen) atoms. The second-order valence-electron chi connectivity index (χ2n) is 7.51. The van der Waals surface area contributed by atoms with Gasteiger partial charge in [0.15, 0.2) is 5.78 Å². The normalized spacial score (nSPS) is 20.0. The Bertz CT molecular complexity index is 799. The molecule has 1 aliphatic carbocycles. The number of benzene rings is 1. The molecule has 0 atom stereocenters. The minimum atomic E-state index is -0.0127. The van der Waals surface area contributed by atoms with E-state index in [0.717, 1.165) is 36.9 Å². The second kappa shape index (κ2) is 7.48. The molecule has 1 amide bonds. The Kier molecular flexibility index (Phi) is 5.30. The predicted octanol–water partition coefficient (Wildman–Crippen LogP) is 4.63. The second-order valence-corrected chi connectivity index (χ2v) is 7.51. The van der Waals surface area contributed by atoms with Crippen LogP contribution in [0.5, 0.6) is 0 Å². The van der Waals surface area contributed by atoms with Crippen molar-refractivity contribution in [2.75, 3.05) is 7.05 Å². The van der Waals surface area contributed by atoms with Crippen LogP contribution in [0.2, 0.25) is 0 Å². The molecule has 0 spiro atoms. The van der Waals surface area contributed by atoms with Crippen LogP contribution in [0.3, 0.4) is 0 Å². The van der Waals surface area contributed by atoms with Crippen LogP contribution in [-0.4, -0.2) is 34.7 Å². The Balaban J connectivity index is 1.69. The third-order valence-corrected chi connectivity index (χ3v) is 5.84. The summed E-state index contributed by atoms with van der Waals surface area (Å²) < 4.78 is 0. The Morgan fingerprint density at radius 3 is 2.19 bits per heavy atom. The third kappa shape index (κ3) is 3.46. The molecule has 0 unspecified atom stereocenters. The summed E-state index contributed by atoms with van der Waals surface area (Å²) in [6.07, 6.45) is 4.24. The first-order valence-corrected chi connectivity index (χ1v) is 9.42. The fourth-order valence-electron chi connectivity index (χ4n) is 4.36. The molecule has 0 aliphatic heterocycles. The molecule has 0 bridgehead atoms. The van der Waals surface area contributed by atoms with Crippen LogP contribution >= 0.6 is 0 Å². The number of hydrogen-bond donors (Lipinski definition) is 1. The number of carbonyl (C=O) groups is 2. The molecule has 4 heteroatoms. The summed E-state index contributed by atoms with van der Waals surface area (Å²) in [7, 11) is 1.89. The van der Waals surface area contributed by atoms with Crippen molar-refractivity contribution in [3.8, 4) is 0 Å². The average molecular weight is 352 g/mol. The lowest BCUT2D eigenvalue weighted by atomic mass is 9.81. The van der Waals surface area contributed by atoms with Crippen molar-refractivity contribution >= 4 is 11.7 Å². The first kappa shape index (κ1) is 18.4. The summed E-state index contributed by atoms with van der Waals surface area (Å²) in [6, 6.07) is 10.9. The highest BCUT2D eigenvalue weighted by atomic mass is 16.2. The molecule has 1 saturated carbocycles. The molecule has 1 aromatic heterocycles. The van der Waals surface area contributed by atoms with Crippen LogP contribution in [0.4, 0.5) is 0 Å². The number of aromatic nitrogens is 1. The molecule has 138 valence electrons. The maximum absolute atomic E-state index is 13.0. The fraction of sp³-hybridized carbons (Fsp3) is 0.455. The average Bonchev–Trinajstić information content (AvgIpc) is 2.95. The van der Waals surface area contributed by atoms with Crippen molar-refractivity contribution in [1.82, 2.24) is 9.88 Å². The number of rotatable bonds is 4.